The van der Waals surface area contributed by atoms with Crippen LogP contribution in [0.5, 0.6) is 0 Å². The van der Waals surface area contributed by atoms with Crippen molar-refractivity contribution in [2.45, 2.75) is 25.7 Å². The van der Waals surface area contributed by atoms with E-state index < -0.39 is 0 Å². The lowest BCUT2D eigenvalue weighted by molar-refractivity contribution is 0.0957. The molecule has 1 aliphatic rings. The Kier molecular flexibility index (Phi) is 3.96. The van der Waals surface area contributed by atoms with Crippen molar-refractivity contribution in [1.29, 1.82) is 0 Å². The van der Waals surface area contributed by atoms with Crippen molar-refractivity contribution < 1.29 is 4.79 Å². The maximum Gasteiger partial charge on any atom is 0.266 e. The number of rotatable bonds is 3. The van der Waals surface area contributed by atoms with Gasteiger partial charge in [-0.05, 0) is 47.6 Å². The van der Waals surface area contributed by atoms with Crippen LogP contribution < -0.4 is 5.56 Å². The Morgan fingerprint density at radius 2 is 1.96 bits per heavy atom. The van der Waals surface area contributed by atoms with Crippen molar-refractivity contribution in [2.24, 2.45) is 13.0 Å². The van der Waals surface area contributed by atoms with E-state index >= 15 is 0 Å². The molecular weight excluding hydrogens is 312 g/mol. The summed E-state index contributed by atoms with van der Waals surface area (Å²) in [5.74, 6) is 0.455. The third-order valence-electron chi connectivity index (χ3n) is 5.10. The smallest absolute Gasteiger partial charge is 0.266 e. The number of fused-ring (bicyclic) bond motifs is 2. The molecule has 4 rings (SSSR count). The number of hydrogen-bond donors (Lipinski definition) is 0. The summed E-state index contributed by atoms with van der Waals surface area (Å²) in [5.41, 5.74) is 2.69. The monoisotopic (exact) mass is 332 g/mol. The number of ketones is 1. The SMILES string of the molecule is Cn1nc2c(cc1=O)CC(CC(=O)c1ccc3ccccc3c1)CC2. The lowest BCUT2D eigenvalue weighted by atomic mass is 9.83. The highest BCUT2D eigenvalue weighted by molar-refractivity contribution is 6.00. The molecule has 4 nitrogen and oxygen atoms in total. The number of carbonyl (C=O) groups is 1. The van der Waals surface area contributed by atoms with E-state index in [1.807, 2.05) is 36.4 Å². The quantitative estimate of drug-likeness (QED) is 0.692. The van der Waals surface area contributed by atoms with Gasteiger partial charge in [0.2, 0.25) is 0 Å². The summed E-state index contributed by atoms with van der Waals surface area (Å²) < 4.78 is 1.39. The third kappa shape index (κ3) is 3.12. The first-order valence-corrected chi connectivity index (χ1v) is 8.68. The van der Waals surface area contributed by atoms with E-state index in [1.54, 1.807) is 13.1 Å². The summed E-state index contributed by atoms with van der Waals surface area (Å²) in [5, 5.41) is 6.58. The normalized spacial score (nSPS) is 16.6. The molecule has 3 aromatic rings. The second-order valence-corrected chi connectivity index (χ2v) is 6.88. The number of carbonyl (C=O) groups excluding carboxylic acids is 1. The number of aromatic nitrogens is 2. The van der Waals surface area contributed by atoms with Crippen LogP contribution >= 0.6 is 0 Å². The molecule has 0 aliphatic heterocycles. The largest absolute Gasteiger partial charge is 0.294 e. The van der Waals surface area contributed by atoms with Gasteiger partial charge in [-0.2, -0.15) is 5.10 Å². The fourth-order valence-corrected chi connectivity index (χ4v) is 3.68. The Hall–Kier alpha value is -2.75. The van der Waals surface area contributed by atoms with Crippen LogP contribution in [0.15, 0.2) is 53.3 Å². The molecule has 0 N–H and O–H groups in total. The van der Waals surface area contributed by atoms with Gasteiger partial charge in [0, 0.05) is 25.1 Å². The van der Waals surface area contributed by atoms with Crippen molar-refractivity contribution in [3.63, 3.8) is 0 Å². The first kappa shape index (κ1) is 15.8. The topological polar surface area (TPSA) is 52.0 Å². The summed E-state index contributed by atoms with van der Waals surface area (Å²) in [4.78, 5) is 24.5. The van der Waals surface area contributed by atoms with Gasteiger partial charge in [-0.3, -0.25) is 9.59 Å². The summed E-state index contributed by atoms with van der Waals surface area (Å²) in [6.07, 6.45) is 3.06. The van der Waals surface area contributed by atoms with Crippen LogP contribution in [0.2, 0.25) is 0 Å². The molecule has 0 bridgehead atoms. The predicted molar refractivity (Wildman–Crippen MR) is 97.9 cm³/mol. The van der Waals surface area contributed by atoms with E-state index in [9.17, 15) is 9.59 Å². The molecule has 0 saturated heterocycles. The van der Waals surface area contributed by atoms with Gasteiger partial charge < -0.3 is 0 Å². The van der Waals surface area contributed by atoms with Crippen LogP contribution in [-0.2, 0) is 19.9 Å². The molecule has 1 unspecified atom stereocenters. The van der Waals surface area contributed by atoms with Crippen LogP contribution in [0.3, 0.4) is 0 Å². The summed E-state index contributed by atoms with van der Waals surface area (Å²) in [6.45, 7) is 0. The zero-order valence-electron chi connectivity index (χ0n) is 14.2. The fraction of sp³-hybridized carbons (Fsp3) is 0.286. The fourth-order valence-electron chi connectivity index (χ4n) is 3.68. The molecule has 25 heavy (non-hydrogen) atoms. The van der Waals surface area contributed by atoms with Gasteiger partial charge in [-0.1, -0.05) is 36.4 Å². The van der Waals surface area contributed by atoms with Crippen LogP contribution in [-0.4, -0.2) is 15.6 Å². The van der Waals surface area contributed by atoms with Crippen LogP contribution in [0.1, 0.15) is 34.5 Å². The van der Waals surface area contributed by atoms with Gasteiger partial charge in [-0.15, -0.1) is 0 Å². The van der Waals surface area contributed by atoms with Gasteiger partial charge >= 0.3 is 0 Å². The second-order valence-electron chi connectivity index (χ2n) is 6.88. The molecule has 1 aliphatic carbocycles. The van der Waals surface area contributed by atoms with Crippen molar-refractivity contribution >= 4 is 16.6 Å². The molecule has 4 heteroatoms. The highest BCUT2D eigenvalue weighted by atomic mass is 16.1. The highest BCUT2D eigenvalue weighted by Gasteiger charge is 2.23. The maximum absolute atomic E-state index is 12.7. The van der Waals surface area contributed by atoms with Crippen molar-refractivity contribution in [1.82, 2.24) is 9.78 Å². The minimum Gasteiger partial charge on any atom is -0.294 e. The zero-order chi connectivity index (χ0) is 17.4. The van der Waals surface area contributed by atoms with E-state index in [0.29, 0.717) is 6.42 Å². The Bertz CT molecular complexity index is 1020. The van der Waals surface area contributed by atoms with Crippen LogP contribution in [0, 0.1) is 5.92 Å². The molecule has 126 valence electrons. The standard InChI is InChI=1S/C21H20N2O2/c1-23-21(25)13-18-10-14(6-9-19(18)22-23)11-20(24)17-8-7-15-4-2-3-5-16(15)12-17/h2-5,7-8,12-14H,6,9-11H2,1H3. The molecule has 0 radical (unpaired) electrons. The Morgan fingerprint density at radius 3 is 2.80 bits per heavy atom. The van der Waals surface area contributed by atoms with E-state index in [1.165, 1.54) is 4.68 Å². The third-order valence-corrected chi connectivity index (χ3v) is 5.10. The number of Topliss-reactive ketones (excluding diaryl/α,β-unsaturated/α-hetero) is 1. The van der Waals surface area contributed by atoms with Gasteiger partial charge in [0.05, 0.1) is 5.69 Å². The van der Waals surface area contributed by atoms with E-state index in [2.05, 4.69) is 11.2 Å². The number of nitrogens with zero attached hydrogens (tertiary/aromatic N) is 2. The van der Waals surface area contributed by atoms with Crippen molar-refractivity contribution in [3.8, 4) is 0 Å². The van der Waals surface area contributed by atoms with Gasteiger partial charge in [-0.25, -0.2) is 4.68 Å². The first-order chi connectivity index (χ1) is 12.1. The average molecular weight is 332 g/mol. The van der Waals surface area contributed by atoms with Gasteiger partial charge in [0.1, 0.15) is 0 Å². The molecule has 0 saturated carbocycles. The molecule has 0 amide bonds. The van der Waals surface area contributed by atoms with E-state index in [0.717, 1.165) is 46.9 Å². The predicted octanol–water partition coefficient (Wildman–Crippen LogP) is 3.31. The average Bonchev–Trinajstić information content (AvgIpc) is 2.62. The number of hydrogen-bond acceptors (Lipinski definition) is 3. The minimum atomic E-state index is -0.0831. The summed E-state index contributed by atoms with van der Waals surface area (Å²) in [7, 11) is 1.68. The Morgan fingerprint density at radius 1 is 1.16 bits per heavy atom. The number of aryl methyl sites for hydroxylation is 2. The van der Waals surface area contributed by atoms with Crippen molar-refractivity contribution in [2.75, 3.05) is 0 Å². The molecule has 2 aromatic carbocycles. The Labute approximate surface area is 146 Å². The summed E-state index contributed by atoms with van der Waals surface area (Å²) in [6, 6.07) is 15.6. The maximum atomic E-state index is 12.7. The Balaban J connectivity index is 1.52. The zero-order valence-corrected chi connectivity index (χ0v) is 14.2. The van der Waals surface area contributed by atoms with E-state index in [4.69, 9.17) is 0 Å². The van der Waals surface area contributed by atoms with Crippen LogP contribution in [0.4, 0.5) is 0 Å². The van der Waals surface area contributed by atoms with Gasteiger partial charge in [0.25, 0.3) is 5.56 Å². The molecule has 1 heterocycles. The lowest BCUT2D eigenvalue weighted by Gasteiger charge is -2.23. The molecule has 1 aromatic heterocycles. The highest BCUT2D eigenvalue weighted by Crippen LogP contribution is 2.27. The molecule has 0 fully saturated rings. The minimum absolute atomic E-state index is 0.0831. The molecular formula is C21H20N2O2. The van der Waals surface area contributed by atoms with E-state index in [-0.39, 0.29) is 17.3 Å². The second kappa shape index (κ2) is 6.28. The van der Waals surface area contributed by atoms with Crippen LogP contribution in [0.25, 0.3) is 10.8 Å². The lowest BCUT2D eigenvalue weighted by Crippen LogP contribution is -2.26. The first-order valence-electron chi connectivity index (χ1n) is 8.68. The van der Waals surface area contributed by atoms with Crippen molar-refractivity contribution in [3.05, 3.63) is 75.7 Å². The molecule has 0 spiro atoms. The molecule has 1 atom stereocenters. The summed E-state index contributed by atoms with van der Waals surface area (Å²) >= 11 is 0. The number of benzene rings is 2. The van der Waals surface area contributed by atoms with Gasteiger partial charge in [0.15, 0.2) is 5.78 Å².